The Morgan fingerprint density at radius 3 is 2.73 bits per heavy atom. The normalized spacial score (nSPS) is 13.6. The molecule has 0 fully saturated rings. The predicted molar refractivity (Wildman–Crippen MR) is 60.9 cm³/mol. The van der Waals surface area contributed by atoms with E-state index in [1.807, 2.05) is 18.2 Å². The molecule has 0 bridgehead atoms. The lowest BCUT2D eigenvalue weighted by Crippen LogP contribution is -2.10. The maximum absolute atomic E-state index is 9.35. The summed E-state index contributed by atoms with van der Waals surface area (Å²) in [6, 6.07) is 8.05. The largest absolute Gasteiger partial charge is 0.464 e. The molecule has 0 aliphatic rings. The highest BCUT2D eigenvalue weighted by atomic mass is 16.3. The Labute approximate surface area is 89.5 Å². The Morgan fingerprint density at radius 1 is 1.27 bits per heavy atom. The summed E-state index contributed by atoms with van der Waals surface area (Å²) in [6.45, 7) is 4.45. The second-order valence-electron chi connectivity index (χ2n) is 4.25. The van der Waals surface area contributed by atoms with Crippen LogP contribution in [0.25, 0.3) is 11.0 Å². The van der Waals surface area contributed by atoms with Crippen molar-refractivity contribution < 1.29 is 9.52 Å². The molecular weight excluding hydrogens is 188 g/mol. The molecule has 0 saturated carbocycles. The van der Waals surface area contributed by atoms with Gasteiger partial charge in [-0.3, -0.25) is 0 Å². The molecule has 0 saturated heterocycles. The van der Waals surface area contributed by atoms with Gasteiger partial charge in [0.05, 0.1) is 12.9 Å². The molecule has 0 aliphatic heterocycles. The van der Waals surface area contributed by atoms with Gasteiger partial charge in [-0.15, -0.1) is 0 Å². The molecule has 1 aromatic heterocycles. The second kappa shape index (κ2) is 4.07. The highest BCUT2D eigenvalue weighted by molar-refractivity contribution is 5.77. The van der Waals surface area contributed by atoms with Crippen molar-refractivity contribution in [1.29, 1.82) is 0 Å². The molecule has 1 atom stereocenters. The fraction of sp³-hybridized carbons (Fsp3) is 0.385. The van der Waals surface area contributed by atoms with Crippen molar-refractivity contribution in [2.45, 2.75) is 19.8 Å². The molecule has 15 heavy (non-hydrogen) atoms. The molecular formula is C13H16O2. The van der Waals surface area contributed by atoms with Crippen LogP contribution in [0.2, 0.25) is 0 Å². The van der Waals surface area contributed by atoms with Crippen LogP contribution in [0.3, 0.4) is 0 Å². The average Bonchev–Trinajstić information content (AvgIpc) is 2.65. The average molecular weight is 204 g/mol. The quantitative estimate of drug-likeness (QED) is 0.833. The van der Waals surface area contributed by atoms with Crippen molar-refractivity contribution in [1.82, 2.24) is 0 Å². The number of fused-ring (bicyclic) bond motifs is 1. The van der Waals surface area contributed by atoms with Crippen LogP contribution in [0.15, 0.2) is 34.9 Å². The number of furan rings is 1. The zero-order chi connectivity index (χ0) is 10.8. The molecule has 1 unspecified atom stereocenters. The molecule has 2 nitrogen and oxygen atoms in total. The molecule has 0 spiro atoms. The maximum atomic E-state index is 9.35. The number of aliphatic hydroxyl groups is 1. The summed E-state index contributed by atoms with van der Waals surface area (Å²) >= 11 is 0. The van der Waals surface area contributed by atoms with Crippen LogP contribution in [0.4, 0.5) is 0 Å². The standard InChI is InChI=1S/C13H16O2/c1-9(2)12(8-14)10-3-4-13-11(7-10)5-6-15-13/h3-7,9,12,14H,8H2,1-2H3. The van der Waals surface area contributed by atoms with Crippen LogP contribution < -0.4 is 0 Å². The Morgan fingerprint density at radius 2 is 2.07 bits per heavy atom. The van der Waals surface area contributed by atoms with Gasteiger partial charge in [0.2, 0.25) is 0 Å². The number of hydrogen-bond donors (Lipinski definition) is 1. The summed E-state index contributed by atoms with van der Waals surface area (Å²) in [4.78, 5) is 0. The van der Waals surface area contributed by atoms with Gasteiger partial charge in [0.1, 0.15) is 5.58 Å². The van der Waals surface area contributed by atoms with E-state index in [4.69, 9.17) is 4.42 Å². The zero-order valence-corrected chi connectivity index (χ0v) is 9.10. The first-order valence-electron chi connectivity index (χ1n) is 5.30. The van der Waals surface area contributed by atoms with Gasteiger partial charge in [0.15, 0.2) is 0 Å². The minimum absolute atomic E-state index is 0.195. The molecule has 2 aromatic rings. The van der Waals surface area contributed by atoms with Crippen molar-refractivity contribution in [2.75, 3.05) is 6.61 Å². The zero-order valence-electron chi connectivity index (χ0n) is 9.10. The van der Waals surface area contributed by atoms with Gasteiger partial charge in [0.25, 0.3) is 0 Å². The van der Waals surface area contributed by atoms with E-state index < -0.39 is 0 Å². The molecule has 0 amide bonds. The van der Waals surface area contributed by atoms with Gasteiger partial charge in [-0.2, -0.15) is 0 Å². The Balaban J connectivity index is 2.41. The lowest BCUT2D eigenvalue weighted by molar-refractivity contribution is 0.237. The number of rotatable bonds is 3. The summed E-state index contributed by atoms with van der Waals surface area (Å²) < 4.78 is 5.28. The number of hydrogen-bond acceptors (Lipinski definition) is 2. The first kappa shape index (κ1) is 10.2. The van der Waals surface area contributed by atoms with E-state index in [9.17, 15) is 5.11 Å². The third kappa shape index (κ3) is 1.90. The van der Waals surface area contributed by atoms with E-state index in [1.165, 1.54) is 5.56 Å². The number of aliphatic hydroxyl groups excluding tert-OH is 1. The van der Waals surface area contributed by atoms with E-state index in [0.717, 1.165) is 11.0 Å². The SMILES string of the molecule is CC(C)C(CO)c1ccc2occc2c1. The summed E-state index contributed by atoms with van der Waals surface area (Å²) in [6.07, 6.45) is 1.69. The van der Waals surface area contributed by atoms with Crippen molar-refractivity contribution in [2.24, 2.45) is 5.92 Å². The number of benzene rings is 1. The van der Waals surface area contributed by atoms with Gasteiger partial charge in [-0.05, 0) is 29.7 Å². The molecule has 80 valence electrons. The van der Waals surface area contributed by atoms with Crippen LogP contribution in [0, 0.1) is 5.92 Å². The monoisotopic (exact) mass is 204 g/mol. The Kier molecular flexibility index (Phi) is 2.78. The van der Waals surface area contributed by atoms with E-state index in [2.05, 4.69) is 19.9 Å². The van der Waals surface area contributed by atoms with Crippen LogP contribution in [-0.4, -0.2) is 11.7 Å². The molecule has 1 N–H and O–H groups in total. The van der Waals surface area contributed by atoms with Gasteiger partial charge in [-0.25, -0.2) is 0 Å². The van der Waals surface area contributed by atoms with Crippen LogP contribution in [0.1, 0.15) is 25.3 Å². The summed E-state index contributed by atoms with van der Waals surface area (Å²) in [5.74, 6) is 0.656. The van der Waals surface area contributed by atoms with E-state index in [-0.39, 0.29) is 12.5 Å². The lowest BCUT2D eigenvalue weighted by Gasteiger charge is -2.18. The van der Waals surface area contributed by atoms with E-state index >= 15 is 0 Å². The highest BCUT2D eigenvalue weighted by Crippen LogP contribution is 2.27. The van der Waals surface area contributed by atoms with Gasteiger partial charge >= 0.3 is 0 Å². The van der Waals surface area contributed by atoms with E-state index in [0.29, 0.717) is 5.92 Å². The molecule has 2 heteroatoms. The maximum Gasteiger partial charge on any atom is 0.133 e. The fourth-order valence-corrected chi connectivity index (χ4v) is 1.92. The first-order chi connectivity index (χ1) is 7.22. The van der Waals surface area contributed by atoms with Crippen LogP contribution in [0.5, 0.6) is 0 Å². The van der Waals surface area contributed by atoms with Crippen molar-refractivity contribution in [3.8, 4) is 0 Å². The predicted octanol–water partition coefficient (Wildman–Crippen LogP) is 3.16. The van der Waals surface area contributed by atoms with Gasteiger partial charge in [0, 0.05) is 11.3 Å². The molecule has 0 radical (unpaired) electrons. The van der Waals surface area contributed by atoms with Crippen molar-refractivity contribution in [3.05, 3.63) is 36.1 Å². The molecule has 1 aromatic carbocycles. The molecule has 2 rings (SSSR count). The Bertz CT molecular complexity index is 442. The summed E-state index contributed by atoms with van der Waals surface area (Å²) in [5.41, 5.74) is 2.08. The van der Waals surface area contributed by atoms with Gasteiger partial charge < -0.3 is 9.52 Å². The topological polar surface area (TPSA) is 33.4 Å². The van der Waals surface area contributed by atoms with Crippen LogP contribution >= 0.6 is 0 Å². The molecule has 0 aliphatic carbocycles. The van der Waals surface area contributed by atoms with Crippen molar-refractivity contribution in [3.63, 3.8) is 0 Å². The smallest absolute Gasteiger partial charge is 0.133 e. The van der Waals surface area contributed by atoms with Gasteiger partial charge in [-0.1, -0.05) is 19.9 Å². The minimum atomic E-state index is 0.195. The fourth-order valence-electron chi connectivity index (χ4n) is 1.92. The first-order valence-corrected chi connectivity index (χ1v) is 5.30. The van der Waals surface area contributed by atoms with E-state index in [1.54, 1.807) is 6.26 Å². The lowest BCUT2D eigenvalue weighted by atomic mass is 9.89. The van der Waals surface area contributed by atoms with Crippen molar-refractivity contribution >= 4 is 11.0 Å². The minimum Gasteiger partial charge on any atom is -0.464 e. The Hall–Kier alpha value is -1.28. The highest BCUT2D eigenvalue weighted by Gasteiger charge is 2.15. The second-order valence-corrected chi connectivity index (χ2v) is 4.25. The summed E-state index contributed by atoms with van der Waals surface area (Å²) in [5, 5.41) is 10.5. The third-order valence-corrected chi connectivity index (χ3v) is 2.91. The molecule has 1 heterocycles. The van der Waals surface area contributed by atoms with Crippen LogP contribution in [-0.2, 0) is 0 Å². The third-order valence-electron chi connectivity index (χ3n) is 2.91. The summed E-state index contributed by atoms with van der Waals surface area (Å²) in [7, 11) is 0.